The maximum atomic E-state index is 12.4. The summed E-state index contributed by atoms with van der Waals surface area (Å²) >= 11 is 17.6. The second-order valence-corrected chi connectivity index (χ2v) is 7.56. The molecule has 1 unspecified atom stereocenters. The van der Waals surface area contributed by atoms with Crippen LogP contribution in [0.25, 0.3) is 0 Å². The molecule has 0 fully saturated rings. The molecule has 1 aromatic carbocycles. The fourth-order valence-electron chi connectivity index (χ4n) is 1.71. The van der Waals surface area contributed by atoms with E-state index in [1.165, 1.54) is 12.1 Å². The van der Waals surface area contributed by atoms with Crippen LogP contribution in [0.15, 0.2) is 17.0 Å². The summed E-state index contributed by atoms with van der Waals surface area (Å²) in [4.78, 5) is -0.206. The monoisotopic (exact) mass is 359 g/mol. The van der Waals surface area contributed by atoms with Crippen LogP contribution >= 0.6 is 34.8 Å². The summed E-state index contributed by atoms with van der Waals surface area (Å²) in [6, 6.07) is 2.64. The molecular formula is C12H16Cl3NO3S. The zero-order valence-corrected chi connectivity index (χ0v) is 14.2. The number of hydrogen-bond donors (Lipinski definition) is 2. The van der Waals surface area contributed by atoms with E-state index in [0.717, 1.165) is 0 Å². The number of nitrogens with one attached hydrogen (secondary N) is 1. The molecule has 114 valence electrons. The summed E-state index contributed by atoms with van der Waals surface area (Å²) in [5.74, 6) is 0. The van der Waals surface area contributed by atoms with E-state index in [2.05, 4.69) is 4.72 Å². The van der Waals surface area contributed by atoms with E-state index in [0.29, 0.717) is 6.42 Å². The first-order valence-corrected chi connectivity index (χ1v) is 8.56. The van der Waals surface area contributed by atoms with Crippen LogP contribution in [0.3, 0.4) is 0 Å². The highest BCUT2D eigenvalue weighted by Crippen LogP contribution is 2.33. The van der Waals surface area contributed by atoms with Gasteiger partial charge in [0.15, 0.2) is 0 Å². The van der Waals surface area contributed by atoms with Crippen molar-refractivity contribution in [1.29, 1.82) is 0 Å². The number of halogens is 3. The Bertz CT molecular complexity index is 569. The molecule has 0 aromatic heterocycles. The molecule has 0 aliphatic carbocycles. The quantitative estimate of drug-likeness (QED) is 0.816. The maximum Gasteiger partial charge on any atom is 0.244 e. The average Bonchev–Trinajstić information content (AvgIpc) is 2.26. The first kappa shape index (κ1) is 18.0. The highest BCUT2D eigenvalue weighted by atomic mass is 35.5. The van der Waals surface area contributed by atoms with Gasteiger partial charge >= 0.3 is 0 Å². The van der Waals surface area contributed by atoms with Crippen LogP contribution in [0.2, 0.25) is 15.1 Å². The summed E-state index contributed by atoms with van der Waals surface area (Å²) < 4.78 is 27.4. The standard InChI is InChI=1S/C12H16Cl3NO3S/c1-3-12(2,4-5-17)16-20(18,19)11-9(14)6-8(13)7-10(11)15/h6-7,16-17H,3-5H2,1-2H3. The molecule has 1 aromatic rings. The molecule has 0 bridgehead atoms. The highest BCUT2D eigenvalue weighted by molar-refractivity contribution is 7.89. The van der Waals surface area contributed by atoms with Crippen molar-refractivity contribution in [3.63, 3.8) is 0 Å². The minimum absolute atomic E-state index is 0.0440. The van der Waals surface area contributed by atoms with Crippen LogP contribution < -0.4 is 4.72 Å². The topological polar surface area (TPSA) is 66.4 Å². The Morgan fingerprint density at radius 1 is 1.25 bits per heavy atom. The molecule has 0 saturated carbocycles. The fraction of sp³-hybridized carbons (Fsp3) is 0.500. The number of aliphatic hydroxyl groups is 1. The molecular weight excluding hydrogens is 345 g/mol. The van der Waals surface area contributed by atoms with E-state index in [9.17, 15) is 8.42 Å². The zero-order valence-electron chi connectivity index (χ0n) is 11.1. The van der Waals surface area contributed by atoms with Gasteiger partial charge in [-0.05, 0) is 31.9 Å². The Morgan fingerprint density at radius 3 is 2.15 bits per heavy atom. The van der Waals surface area contributed by atoms with Crippen LogP contribution in [0.1, 0.15) is 26.7 Å². The van der Waals surface area contributed by atoms with Crippen molar-refractivity contribution < 1.29 is 13.5 Å². The van der Waals surface area contributed by atoms with Crippen molar-refractivity contribution in [3.05, 3.63) is 27.2 Å². The lowest BCUT2D eigenvalue weighted by molar-refractivity contribution is 0.233. The zero-order chi connectivity index (χ0) is 15.6. The highest BCUT2D eigenvalue weighted by Gasteiger charge is 2.31. The van der Waals surface area contributed by atoms with E-state index >= 15 is 0 Å². The molecule has 20 heavy (non-hydrogen) atoms. The molecule has 0 heterocycles. The lowest BCUT2D eigenvalue weighted by atomic mass is 9.97. The molecule has 0 saturated heterocycles. The minimum Gasteiger partial charge on any atom is -0.396 e. The summed E-state index contributed by atoms with van der Waals surface area (Å²) in [5.41, 5.74) is -0.778. The van der Waals surface area contributed by atoms with Crippen molar-refractivity contribution in [2.75, 3.05) is 6.61 Å². The summed E-state index contributed by atoms with van der Waals surface area (Å²) in [7, 11) is -3.91. The molecule has 1 atom stereocenters. The van der Waals surface area contributed by atoms with Crippen molar-refractivity contribution in [2.24, 2.45) is 0 Å². The molecule has 1 rings (SSSR count). The fourth-order valence-corrected chi connectivity index (χ4v) is 4.76. The number of benzene rings is 1. The first-order chi connectivity index (χ1) is 9.15. The van der Waals surface area contributed by atoms with Crippen molar-refractivity contribution in [2.45, 2.75) is 37.1 Å². The molecule has 2 N–H and O–H groups in total. The van der Waals surface area contributed by atoms with Gasteiger partial charge in [0.1, 0.15) is 4.90 Å². The van der Waals surface area contributed by atoms with Crippen LogP contribution in [-0.2, 0) is 10.0 Å². The molecule has 8 heteroatoms. The SMILES string of the molecule is CCC(C)(CCO)NS(=O)(=O)c1c(Cl)cc(Cl)cc1Cl. The lowest BCUT2D eigenvalue weighted by Gasteiger charge is -2.29. The Hall–Kier alpha value is -0.0400. The second kappa shape index (κ2) is 6.81. The maximum absolute atomic E-state index is 12.4. The Morgan fingerprint density at radius 2 is 1.75 bits per heavy atom. The molecule has 0 radical (unpaired) electrons. The third kappa shape index (κ3) is 4.23. The third-order valence-corrected chi connectivity index (χ3v) is 5.83. The van der Waals surface area contributed by atoms with Crippen molar-refractivity contribution >= 4 is 44.8 Å². The van der Waals surface area contributed by atoms with E-state index in [1.54, 1.807) is 6.92 Å². The van der Waals surface area contributed by atoms with E-state index in [1.807, 2.05) is 6.92 Å². The summed E-state index contributed by atoms with van der Waals surface area (Å²) in [5, 5.41) is 9.21. The van der Waals surface area contributed by atoms with Crippen LogP contribution in [0.5, 0.6) is 0 Å². The molecule has 0 amide bonds. The van der Waals surface area contributed by atoms with E-state index < -0.39 is 15.6 Å². The smallest absolute Gasteiger partial charge is 0.244 e. The predicted molar refractivity (Wildman–Crippen MR) is 82.2 cm³/mol. The second-order valence-electron chi connectivity index (χ2n) is 4.69. The van der Waals surface area contributed by atoms with Crippen LogP contribution in [0.4, 0.5) is 0 Å². The molecule has 0 aliphatic heterocycles. The van der Waals surface area contributed by atoms with Gasteiger partial charge in [0, 0.05) is 17.2 Å². The van der Waals surface area contributed by atoms with Gasteiger partial charge in [-0.1, -0.05) is 41.7 Å². The van der Waals surface area contributed by atoms with Gasteiger partial charge in [-0.25, -0.2) is 13.1 Å². The van der Waals surface area contributed by atoms with Gasteiger partial charge in [-0.2, -0.15) is 0 Å². The Labute approximate surface area is 134 Å². The molecule has 4 nitrogen and oxygen atoms in total. The lowest BCUT2D eigenvalue weighted by Crippen LogP contribution is -2.46. The normalized spacial score (nSPS) is 15.1. The van der Waals surface area contributed by atoms with E-state index in [-0.39, 0.29) is 33.0 Å². The Kier molecular flexibility index (Phi) is 6.14. The van der Waals surface area contributed by atoms with Gasteiger partial charge in [0.2, 0.25) is 10.0 Å². The van der Waals surface area contributed by atoms with Gasteiger partial charge < -0.3 is 5.11 Å². The number of sulfonamides is 1. The number of hydrogen-bond acceptors (Lipinski definition) is 3. The first-order valence-electron chi connectivity index (χ1n) is 5.94. The van der Waals surface area contributed by atoms with Gasteiger partial charge in [0.05, 0.1) is 10.0 Å². The average molecular weight is 361 g/mol. The van der Waals surface area contributed by atoms with Gasteiger partial charge in [-0.15, -0.1) is 0 Å². The van der Waals surface area contributed by atoms with Crippen molar-refractivity contribution in [3.8, 4) is 0 Å². The van der Waals surface area contributed by atoms with Crippen LogP contribution in [0, 0.1) is 0 Å². The molecule has 0 aliphatic rings. The number of rotatable bonds is 6. The number of aliphatic hydroxyl groups excluding tert-OH is 1. The summed E-state index contributed by atoms with van der Waals surface area (Å²) in [6.45, 7) is 3.40. The molecule has 0 spiro atoms. The van der Waals surface area contributed by atoms with Gasteiger partial charge in [0.25, 0.3) is 0 Å². The van der Waals surface area contributed by atoms with Gasteiger partial charge in [-0.3, -0.25) is 0 Å². The Balaban J connectivity index is 3.25. The predicted octanol–water partition coefficient (Wildman–Crippen LogP) is 3.48. The van der Waals surface area contributed by atoms with E-state index in [4.69, 9.17) is 39.9 Å². The largest absolute Gasteiger partial charge is 0.396 e. The minimum atomic E-state index is -3.91. The van der Waals surface area contributed by atoms with Crippen molar-refractivity contribution in [1.82, 2.24) is 4.72 Å². The third-order valence-electron chi connectivity index (χ3n) is 3.06. The summed E-state index contributed by atoms with van der Waals surface area (Å²) in [6.07, 6.45) is 0.793. The van der Waals surface area contributed by atoms with Crippen LogP contribution in [-0.4, -0.2) is 25.7 Å².